The molecule has 1 heterocycles. The van der Waals surface area contributed by atoms with Gasteiger partial charge in [-0.2, -0.15) is 0 Å². The van der Waals surface area contributed by atoms with Crippen LogP contribution in [0.3, 0.4) is 0 Å². The van der Waals surface area contributed by atoms with Crippen molar-refractivity contribution in [1.29, 1.82) is 0 Å². The van der Waals surface area contributed by atoms with Crippen molar-refractivity contribution in [3.63, 3.8) is 0 Å². The highest BCUT2D eigenvalue weighted by Crippen LogP contribution is 2.23. The number of nitrogens with one attached hydrogen (secondary N) is 1. The van der Waals surface area contributed by atoms with Crippen molar-refractivity contribution in [3.05, 3.63) is 64.7 Å². The lowest BCUT2D eigenvalue weighted by Crippen LogP contribution is -2.47. The third kappa shape index (κ3) is 5.97. The Morgan fingerprint density at radius 3 is 2.40 bits per heavy atom. The van der Waals surface area contributed by atoms with Crippen molar-refractivity contribution in [1.82, 2.24) is 10.2 Å². The summed E-state index contributed by atoms with van der Waals surface area (Å²) in [6.07, 6.45) is 3.59. The van der Waals surface area contributed by atoms with Gasteiger partial charge >= 0.3 is 0 Å². The summed E-state index contributed by atoms with van der Waals surface area (Å²) in [4.78, 5) is 15.2. The van der Waals surface area contributed by atoms with Crippen molar-refractivity contribution in [2.24, 2.45) is 0 Å². The topological polar surface area (TPSA) is 69.7 Å². The Morgan fingerprint density at radius 1 is 1.13 bits per heavy atom. The summed E-state index contributed by atoms with van der Waals surface area (Å²) in [5.74, 6) is -0.361. The Hall–Kier alpha value is -2.09. The quantitative estimate of drug-likeness (QED) is 0.670. The summed E-state index contributed by atoms with van der Waals surface area (Å²) in [6, 6.07) is 13.6. The molecule has 2 aromatic rings. The second-order valence-corrected chi connectivity index (χ2v) is 10.0. The molecule has 0 saturated carbocycles. The number of rotatable bonds is 8. The van der Waals surface area contributed by atoms with E-state index < -0.39 is 16.1 Å². The van der Waals surface area contributed by atoms with Gasteiger partial charge < -0.3 is 5.32 Å². The highest BCUT2D eigenvalue weighted by molar-refractivity contribution is 7.92. The van der Waals surface area contributed by atoms with Crippen LogP contribution in [-0.4, -0.2) is 44.6 Å². The van der Waals surface area contributed by atoms with Gasteiger partial charge in [0.05, 0.1) is 11.9 Å². The molecule has 3 rings (SSSR count). The van der Waals surface area contributed by atoms with Crippen molar-refractivity contribution in [2.75, 3.05) is 23.7 Å². The van der Waals surface area contributed by atoms with Gasteiger partial charge in [-0.3, -0.25) is 14.0 Å². The van der Waals surface area contributed by atoms with Crippen LogP contribution < -0.4 is 9.62 Å². The molecule has 1 aliphatic rings. The highest BCUT2D eigenvalue weighted by atomic mass is 35.5. The summed E-state index contributed by atoms with van der Waals surface area (Å²) in [7, 11) is -3.65. The molecule has 30 heavy (non-hydrogen) atoms. The number of anilines is 1. The fraction of sp³-hybridized carbons (Fsp3) is 0.409. The maximum Gasteiger partial charge on any atom is 0.243 e. The van der Waals surface area contributed by atoms with Gasteiger partial charge in [0.2, 0.25) is 15.9 Å². The average molecular weight is 450 g/mol. The molecule has 0 bridgehead atoms. The number of carbonyl (C=O) groups excluding carboxylic acids is 1. The smallest absolute Gasteiger partial charge is 0.243 e. The van der Waals surface area contributed by atoms with Gasteiger partial charge in [-0.25, -0.2) is 8.42 Å². The maximum atomic E-state index is 12.8. The van der Waals surface area contributed by atoms with E-state index in [1.165, 1.54) is 18.4 Å². The van der Waals surface area contributed by atoms with E-state index in [4.69, 9.17) is 11.6 Å². The van der Waals surface area contributed by atoms with Gasteiger partial charge in [-0.05, 0) is 68.2 Å². The Labute approximate surface area is 183 Å². The molecule has 2 aromatic carbocycles. The van der Waals surface area contributed by atoms with Gasteiger partial charge in [-0.1, -0.05) is 35.9 Å². The van der Waals surface area contributed by atoms with Crippen LogP contribution in [0, 0.1) is 0 Å². The fourth-order valence-electron chi connectivity index (χ4n) is 3.77. The third-order valence-corrected chi connectivity index (χ3v) is 6.73. The molecule has 8 heteroatoms. The van der Waals surface area contributed by atoms with Crippen LogP contribution in [0.4, 0.5) is 5.69 Å². The molecule has 0 radical (unpaired) electrons. The third-order valence-electron chi connectivity index (χ3n) is 5.23. The van der Waals surface area contributed by atoms with Gasteiger partial charge in [0, 0.05) is 18.1 Å². The van der Waals surface area contributed by atoms with E-state index in [0.717, 1.165) is 35.8 Å². The number of halogens is 1. The summed E-state index contributed by atoms with van der Waals surface area (Å²) < 4.78 is 25.8. The lowest BCUT2D eigenvalue weighted by atomic mass is 10.1. The van der Waals surface area contributed by atoms with Crippen molar-refractivity contribution < 1.29 is 13.2 Å². The molecular weight excluding hydrogens is 422 g/mol. The number of sulfonamides is 1. The molecule has 1 fully saturated rings. The van der Waals surface area contributed by atoms with Crippen LogP contribution in [0.25, 0.3) is 0 Å². The van der Waals surface area contributed by atoms with Crippen molar-refractivity contribution in [3.8, 4) is 0 Å². The minimum atomic E-state index is -3.65. The van der Waals surface area contributed by atoms with Crippen LogP contribution in [-0.2, 0) is 27.9 Å². The molecule has 0 aliphatic carbocycles. The minimum absolute atomic E-state index is 0.342. The van der Waals surface area contributed by atoms with Gasteiger partial charge in [0.25, 0.3) is 0 Å². The zero-order valence-electron chi connectivity index (χ0n) is 17.3. The second kappa shape index (κ2) is 9.81. The van der Waals surface area contributed by atoms with E-state index in [2.05, 4.69) is 22.3 Å². The molecule has 162 valence electrons. The van der Waals surface area contributed by atoms with Crippen LogP contribution in [0.1, 0.15) is 30.9 Å². The number of benzene rings is 2. The van der Waals surface area contributed by atoms with Gasteiger partial charge in [0.15, 0.2) is 0 Å². The molecule has 0 spiro atoms. The molecular formula is C22H28ClN3O3S. The van der Waals surface area contributed by atoms with E-state index in [-0.39, 0.29) is 5.91 Å². The lowest BCUT2D eigenvalue weighted by Gasteiger charge is -2.28. The molecule has 1 unspecified atom stereocenters. The molecule has 1 atom stereocenters. The minimum Gasteiger partial charge on any atom is -0.350 e. The molecule has 0 aromatic heterocycles. The molecule has 1 amide bonds. The number of hydrogen-bond donors (Lipinski definition) is 1. The first-order valence-corrected chi connectivity index (χ1v) is 12.3. The van der Waals surface area contributed by atoms with E-state index in [1.54, 1.807) is 31.2 Å². The number of carbonyl (C=O) groups is 1. The first-order chi connectivity index (χ1) is 14.2. The highest BCUT2D eigenvalue weighted by Gasteiger charge is 2.29. The standard InChI is InChI=1S/C22H28ClN3O3S/c1-17(26(30(2,28)29)21-10-8-20(23)9-11-21)22(27)24-15-18-6-5-7-19(14-18)16-25-12-3-4-13-25/h5-11,14,17H,3-4,12-13,15-16H2,1-2H3,(H,24,27). The van der Waals surface area contributed by atoms with Crippen LogP contribution in [0.15, 0.2) is 48.5 Å². The Bertz CT molecular complexity index is 973. The Kier molecular flexibility index (Phi) is 7.39. The summed E-state index contributed by atoms with van der Waals surface area (Å²) >= 11 is 5.91. The van der Waals surface area contributed by atoms with Crippen molar-refractivity contribution >= 4 is 33.2 Å². The largest absolute Gasteiger partial charge is 0.350 e. The van der Waals surface area contributed by atoms with E-state index in [0.29, 0.717) is 17.3 Å². The number of amides is 1. The first kappa shape index (κ1) is 22.6. The van der Waals surface area contributed by atoms with Gasteiger partial charge in [-0.15, -0.1) is 0 Å². The number of hydrogen-bond acceptors (Lipinski definition) is 4. The molecule has 1 N–H and O–H groups in total. The van der Waals surface area contributed by atoms with Crippen LogP contribution in [0.5, 0.6) is 0 Å². The first-order valence-electron chi connectivity index (χ1n) is 10.1. The average Bonchev–Trinajstić information content (AvgIpc) is 3.20. The van der Waals surface area contributed by atoms with Crippen LogP contribution >= 0.6 is 11.6 Å². The van der Waals surface area contributed by atoms with E-state index in [9.17, 15) is 13.2 Å². The zero-order valence-corrected chi connectivity index (χ0v) is 18.9. The molecule has 1 saturated heterocycles. The monoisotopic (exact) mass is 449 g/mol. The van der Waals surface area contributed by atoms with Gasteiger partial charge in [0.1, 0.15) is 6.04 Å². The SMILES string of the molecule is CC(C(=O)NCc1cccc(CN2CCCC2)c1)N(c1ccc(Cl)cc1)S(C)(=O)=O. The normalized spacial score (nSPS) is 15.7. The number of likely N-dealkylation sites (tertiary alicyclic amines) is 1. The van der Waals surface area contributed by atoms with E-state index >= 15 is 0 Å². The summed E-state index contributed by atoms with van der Waals surface area (Å²) in [5.41, 5.74) is 2.61. The lowest BCUT2D eigenvalue weighted by molar-refractivity contribution is -0.122. The second-order valence-electron chi connectivity index (χ2n) is 7.73. The summed E-state index contributed by atoms with van der Waals surface area (Å²) in [5, 5.41) is 3.37. The predicted molar refractivity (Wildman–Crippen MR) is 121 cm³/mol. The molecule has 1 aliphatic heterocycles. The van der Waals surface area contributed by atoms with E-state index in [1.807, 2.05) is 12.1 Å². The Morgan fingerprint density at radius 2 is 1.77 bits per heavy atom. The fourth-order valence-corrected chi connectivity index (χ4v) is 5.07. The summed E-state index contributed by atoms with van der Waals surface area (Å²) in [6.45, 7) is 5.09. The van der Waals surface area contributed by atoms with Crippen LogP contribution in [0.2, 0.25) is 5.02 Å². The Balaban J connectivity index is 1.66. The number of nitrogens with zero attached hydrogens (tertiary/aromatic N) is 2. The predicted octanol–water partition coefficient (Wildman–Crippen LogP) is 3.41. The molecule has 6 nitrogen and oxygen atoms in total. The maximum absolute atomic E-state index is 12.8. The zero-order chi connectivity index (χ0) is 21.7. The van der Waals surface area contributed by atoms with Crippen molar-refractivity contribution in [2.45, 2.75) is 38.9 Å².